The topological polar surface area (TPSA) is 96.9 Å². The van der Waals surface area contributed by atoms with Crippen LogP contribution in [-0.2, 0) is 9.59 Å². The molecule has 0 saturated carbocycles. The summed E-state index contributed by atoms with van der Waals surface area (Å²) in [5, 5.41) is 22.9. The van der Waals surface area contributed by atoms with Crippen molar-refractivity contribution in [3.05, 3.63) is 12.2 Å². The summed E-state index contributed by atoms with van der Waals surface area (Å²) in [4.78, 5) is 21.3. The first kappa shape index (κ1) is 11.7. The molecule has 1 saturated heterocycles. The number of carbonyl (C=O) groups is 2. The highest BCUT2D eigenvalue weighted by Crippen LogP contribution is 2.26. The first-order chi connectivity index (χ1) is 6.93. The van der Waals surface area contributed by atoms with Gasteiger partial charge in [0.05, 0.1) is 12.5 Å². The monoisotopic (exact) mass is 212 g/mol. The zero-order valence-corrected chi connectivity index (χ0v) is 8.56. The van der Waals surface area contributed by atoms with Crippen molar-refractivity contribution in [2.75, 3.05) is 6.54 Å². The Balaban J connectivity index is 2.82. The van der Waals surface area contributed by atoms with E-state index in [2.05, 4.69) is 6.58 Å². The number of carbonyl (C=O) groups excluding carboxylic acids is 2. The predicted octanol–water partition coefficient (Wildman–Crippen LogP) is -3.37. The Hall–Kier alpha value is -1.36. The van der Waals surface area contributed by atoms with Crippen molar-refractivity contribution in [2.45, 2.75) is 19.4 Å². The number of carboxylic acid groups (broad SMARTS) is 2. The highest BCUT2D eigenvalue weighted by Gasteiger charge is 2.40. The SMILES string of the molecule is C=C(C)[C@@H]1C[NH2+][C@H](C(=O)[O-])[C@@H]1CC(=O)[O-]. The Morgan fingerprint density at radius 1 is 1.47 bits per heavy atom. The van der Waals surface area contributed by atoms with Gasteiger partial charge < -0.3 is 25.1 Å². The molecule has 0 aromatic heterocycles. The van der Waals surface area contributed by atoms with Crippen molar-refractivity contribution in [3.63, 3.8) is 0 Å². The van der Waals surface area contributed by atoms with Crippen molar-refractivity contribution in [2.24, 2.45) is 11.8 Å². The van der Waals surface area contributed by atoms with Gasteiger partial charge in [-0.05, 0) is 13.3 Å². The molecule has 0 amide bonds. The second-order valence-electron chi connectivity index (χ2n) is 4.01. The van der Waals surface area contributed by atoms with E-state index >= 15 is 0 Å². The molecule has 1 fully saturated rings. The Morgan fingerprint density at radius 3 is 2.47 bits per heavy atom. The molecule has 1 aliphatic heterocycles. The van der Waals surface area contributed by atoms with Gasteiger partial charge in [0.25, 0.3) is 0 Å². The van der Waals surface area contributed by atoms with Crippen LogP contribution in [0.1, 0.15) is 13.3 Å². The molecule has 0 aromatic rings. The van der Waals surface area contributed by atoms with E-state index in [0.29, 0.717) is 6.54 Å². The molecule has 0 bridgehead atoms. The largest absolute Gasteiger partial charge is 0.550 e. The smallest absolute Gasteiger partial charge is 0.130 e. The second-order valence-corrected chi connectivity index (χ2v) is 4.01. The van der Waals surface area contributed by atoms with Gasteiger partial charge >= 0.3 is 0 Å². The molecule has 0 radical (unpaired) electrons. The minimum absolute atomic E-state index is 0.0919. The Bertz CT molecular complexity index is 278. The maximum absolute atomic E-state index is 10.8. The van der Waals surface area contributed by atoms with Crippen LogP contribution in [0.4, 0.5) is 0 Å². The lowest BCUT2D eigenvalue weighted by atomic mass is 9.84. The molecule has 15 heavy (non-hydrogen) atoms. The van der Waals surface area contributed by atoms with Gasteiger partial charge in [-0.1, -0.05) is 12.2 Å². The van der Waals surface area contributed by atoms with Crippen LogP contribution in [0.25, 0.3) is 0 Å². The second kappa shape index (κ2) is 4.44. The van der Waals surface area contributed by atoms with Gasteiger partial charge in [0.1, 0.15) is 6.04 Å². The number of quaternary nitrogens is 1. The number of hydrogen-bond donors (Lipinski definition) is 1. The van der Waals surface area contributed by atoms with E-state index in [-0.39, 0.29) is 12.3 Å². The lowest BCUT2D eigenvalue weighted by Gasteiger charge is -2.21. The van der Waals surface area contributed by atoms with E-state index in [1.54, 1.807) is 12.2 Å². The molecule has 0 unspecified atom stereocenters. The molecule has 2 N–H and O–H groups in total. The van der Waals surface area contributed by atoms with Gasteiger partial charge in [-0.3, -0.25) is 0 Å². The summed E-state index contributed by atoms with van der Waals surface area (Å²) in [5.74, 6) is -3.01. The van der Waals surface area contributed by atoms with Crippen molar-refractivity contribution in [1.29, 1.82) is 0 Å². The number of aliphatic carboxylic acids is 2. The van der Waals surface area contributed by atoms with Crippen LogP contribution in [-0.4, -0.2) is 24.5 Å². The molecule has 5 nitrogen and oxygen atoms in total. The van der Waals surface area contributed by atoms with Crippen molar-refractivity contribution < 1.29 is 25.1 Å². The third-order valence-electron chi connectivity index (χ3n) is 2.93. The molecule has 5 heteroatoms. The third kappa shape index (κ3) is 2.56. The van der Waals surface area contributed by atoms with E-state index in [1.807, 2.05) is 0 Å². The number of carboxylic acids is 2. The minimum atomic E-state index is -1.23. The molecular weight excluding hydrogens is 198 g/mol. The Morgan fingerprint density at radius 2 is 2.07 bits per heavy atom. The molecular formula is C10H14NO4-. The summed E-state index contributed by atoms with van der Waals surface area (Å²) < 4.78 is 0. The van der Waals surface area contributed by atoms with E-state index in [4.69, 9.17) is 0 Å². The standard InChI is InChI=1S/C10H15NO4/c1-5(2)7-4-11-9(10(14)15)6(7)3-8(12)13/h6-7,9,11H,1,3-4H2,2H3,(H,12,13)(H,14,15)/p-1/t6-,7+,9+/m1/s1. The normalized spacial score (nSPS) is 30.1. The summed E-state index contributed by atoms with van der Waals surface area (Å²) in [5.41, 5.74) is 0.807. The molecule has 1 aliphatic rings. The summed E-state index contributed by atoms with van der Waals surface area (Å²) >= 11 is 0. The number of nitrogens with two attached hydrogens (primary N) is 1. The fourth-order valence-electron chi connectivity index (χ4n) is 2.19. The number of rotatable bonds is 4. The lowest BCUT2D eigenvalue weighted by Crippen LogP contribution is -2.90. The third-order valence-corrected chi connectivity index (χ3v) is 2.93. The van der Waals surface area contributed by atoms with Gasteiger partial charge in [-0.2, -0.15) is 0 Å². The highest BCUT2D eigenvalue weighted by molar-refractivity contribution is 5.72. The minimum Gasteiger partial charge on any atom is -0.550 e. The van der Waals surface area contributed by atoms with Crippen LogP contribution in [0.3, 0.4) is 0 Å². The van der Waals surface area contributed by atoms with E-state index in [0.717, 1.165) is 5.57 Å². The predicted molar refractivity (Wildman–Crippen MR) is 47.0 cm³/mol. The molecule has 0 aliphatic carbocycles. The van der Waals surface area contributed by atoms with Gasteiger partial charge in [0.2, 0.25) is 0 Å². The molecule has 0 spiro atoms. The highest BCUT2D eigenvalue weighted by atomic mass is 16.4. The number of hydrogen-bond acceptors (Lipinski definition) is 4. The lowest BCUT2D eigenvalue weighted by molar-refractivity contribution is -0.668. The summed E-state index contributed by atoms with van der Waals surface area (Å²) in [6.07, 6.45) is -0.257. The maximum atomic E-state index is 10.8. The van der Waals surface area contributed by atoms with E-state index < -0.39 is 23.9 Å². The quantitative estimate of drug-likeness (QED) is 0.492. The summed E-state index contributed by atoms with van der Waals surface area (Å²) in [6.45, 7) is 6.07. The summed E-state index contributed by atoms with van der Waals surface area (Å²) in [6, 6.07) is -0.801. The van der Waals surface area contributed by atoms with Crippen LogP contribution < -0.4 is 15.5 Å². The van der Waals surface area contributed by atoms with E-state index in [9.17, 15) is 19.8 Å². The fourth-order valence-corrected chi connectivity index (χ4v) is 2.19. The van der Waals surface area contributed by atoms with Gasteiger partial charge in [-0.15, -0.1) is 0 Å². The van der Waals surface area contributed by atoms with Crippen molar-refractivity contribution in [1.82, 2.24) is 0 Å². The zero-order chi connectivity index (χ0) is 11.6. The molecule has 84 valence electrons. The van der Waals surface area contributed by atoms with Crippen LogP contribution in [0.2, 0.25) is 0 Å². The van der Waals surface area contributed by atoms with E-state index in [1.165, 1.54) is 0 Å². The van der Waals surface area contributed by atoms with Crippen LogP contribution >= 0.6 is 0 Å². The van der Waals surface area contributed by atoms with Crippen LogP contribution in [0.15, 0.2) is 12.2 Å². The Kier molecular flexibility index (Phi) is 3.47. The van der Waals surface area contributed by atoms with Gasteiger partial charge in [0.15, 0.2) is 0 Å². The molecule has 3 atom stereocenters. The molecule has 1 heterocycles. The average Bonchev–Trinajstić information content (AvgIpc) is 2.46. The van der Waals surface area contributed by atoms with Crippen LogP contribution in [0, 0.1) is 11.8 Å². The average molecular weight is 212 g/mol. The zero-order valence-electron chi connectivity index (χ0n) is 8.56. The van der Waals surface area contributed by atoms with Gasteiger partial charge in [-0.25, -0.2) is 0 Å². The van der Waals surface area contributed by atoms with Crippen LogP contribution in [0.5, 0.6) is 0 Å². The van der Waals surface area contributed by atoms with Crippen molar-refractivity contribution in [3.8, 4) is 0 Å². The Labute approximate surface area is 87.8 Å². The first-order valence-corrected chi connectivity index (χ1v) is 4.83. The summed E-state index contributed by atoms with van der Waals surface area (Å²) in [7, 11) is 0. The molecule has 1 rings (SSSR count). The van der Waals surface area contributed by atoms with Gasteiger partial charge in [0, 0.05) is 17.8 Å². The maximum Gasteiger partial charge on any atom is 0.130 e. The van der Waals surface area contributed by atoms with Crippen molar-refractivity contribution >= 4 is 11.9 Å². The fraction of sp³-hybridized carbons (Fsp3) is 0.600. The molecule has 0 aromatic carbocycles. The first-order valence-electron chi connectivity index (χ1n) is 4.83.